The minimum atomic E-state index is -0.318. The average Bonchev–Trinajstić information content (AvgIpc) is 3.02. The van der Waals surface area contributed by atoms with Crippen LogP contribution in [0.1, 0.15) is 41.7 Å². The van der Waals surface area contributed by atoms with E-state index in [1.54, 1.807) is 6.07 Å². The SMILES string of the molecule is Cc1[nH]c2ccc(F)cc2c1C(=O)NCC1CCCC1. The van der Waals surface area contributed by atoms with Gasteiger partial charge in [-0.2, -0.15) is 0 Å². The van der Waals surface area contributed by atoms with Crippen molar-refractivity contribution < 1.29 is 9.18 Å². The smallest absolute Gasteiger partial charge is 0.253 e. The summed E-state index contributed by atoms with van der Waals surface area (Å²) in [7, 11) is 0. The lowest BCUT2D eigenvalue weighted by Crippen LogP contribution is -2.28. The molecule has 1 amide bonds. The number of H-pyrrole nitrogens is 1. The Labute approximate surface area is 117 Å². The molecule has 0 unspecified atom stereocenters. The van der Waals surface area contributed by atoms with E-state index >= 15 is 0 Å². The van der Waals surface area contributed by atoms with Crippen molar-refractivity contribution in [3.8, 4) is 0 Å². The van der Waals surface area contributed by atoms with Crippen LogP contribution in [0.15, 0.2) is 18.2 Å². The summed E-state index contributed by atoms with van der Waals surface area (Å²) < 4.78 is 13.4. The monoisotopic (exact) mass is 274 g/mol. The summed E-state index contributed by atoms with van der Waals surface area (Å²) in [6, 6.07) is 4.49. The molecule has 1 aromatic heterocycles. The van der Waals surface area contributed by atoms with E-state index < -0.39 is 0 Å². The van der Waals surface area contributed by atoms with E-state index in [-0.39, 0.29) is 11.7 Å². The highest BCUT2D eigenvalue weighted by Crippen LogP contribution is 2.25. The van der Waals surface area contributed by atoms with E-state index in [1.807, 2.05) is 6.92 Å². The third-order valence-electron chi connectivity index (χ3n) is 4.20. The summed E-state index contributed by atoms with van der Waals surface area (Å²) in [6.45, 7) is 2.57. The van der Waals surface area contributed by atoms with Gasteiger partial charge in [-0.05, 0) is 43.9 Å². The molecule has 0 radical (unpaired) electrons. The minimum absolute atomic E-state index is 0.105. The second kappa shape index (κ2) is 5.27. The average molecular weight is 274 g/mol. The third-order valence-corrected chi connectivity index (χ3v) is 4.20. The quantitative estimate of drug-likeness (QED) is 0.883. The molecule has 1 saturated carbocycles. The third kappa shape index (κ3) is 2.42. The van der Waals surface area contributed by atoms with Crippen molar-refractivity contribution in [1.82, 2.24) is 10.3 Å². The zero-order valence-electron chi connectivity index (χ0n) is 11.6. The summed E-state index contributed by atoms with van der Waals surface area (Å²) in [6.07, 6.45) is 4.92. The van der Waals surface area contributed by atoms with E-state index in [0.717, 1.165) is 17.8 Å². The van der Waals surface area contributed by atoms with Crippen LogP contribution in [-0.4, -0.2) is 17.4 Å². The van der Waals surface area contributed by atoms with Crippen LogP contribution in [0.25, 0.3) is 10.9 Å². The zero-order valence-corrected chi connectivity index (χ0v) is 11.6. The summed E-state index contributed by atoms with van der Waals surface area (Å²) in [4.78, 5) is 15.5. The van der Waals surface area contributed by atoms with Crippen molar-refractivity contribution >= 4 is 16.8 Å². The van der Waals surface area contributed by atoms with Crippen LogP contribution >= 0.6 is 0 Å². The molecule has 1 aliphatic carbocycles. The molecule has 0 bridgehead atoms. The maximum atomic E-state index is 13.4. The summed E-state index contributed by atoms with van der Waals surface area (Å²) in [5, 5.41) is 3.66. The van der Waals surface area contributed by atoms with Gasteiger partial charge in [0.25, 0.3) is 5.91 Å². The van der Waals surface area contributed by atoms with Gasteiger partial charge in [-0.25, -0.2) is 4.39 Å². The van der Waals surface area contributed by atoms with Gasteiger partial charge in [0, 0.05) is 23.1 Å². The van der Waals surface area contributed by atoms with Crippen LogP contribution in [-0.2, 0) is 0 Å². The topological polar surface area (TPSA) is 44.9 Å². The van der Waals surface area contributed by atoms with Gasteiger partial charge in [0.05, 0.1) is 5.56 Å². The number of fused-ring (bicyclic) bond motifs is 1. The Kier molecular flexibility index (Phi) is 3.47. The maximum absolute atomic E-state index is 13.4. The van der Waals surface area contributed by atoms with Crippen LogP contribution < -0.4 is 5.32 Å². The van der Waals surface area contributed by atoms with Gasteiger partial charge in [0.1, 0.15) is 5.82 Å². The first-order chi connectivity index (χ1) is 9.65. The predicted octanol–water partition coefficient (Wildman–Crippen LogP) is 3.54. The van der Waals surface area contributed by atoms with Crippen molar-refractivity contribution in [3.05, 3.63) is 35.3 Å². The number of aromatic nitrogens is 1. The van der Waals surface area contributed by atoms with E-state index in [2.05, 4.69) is 10.3 Å². The molecule has 1 aliphatic rings. The molecule has 4 heteroatoms. The first kappa shape index (κ1) is 13.2. The molecule has 2 N–H and O–H groups in total. The largest absolute Gasteiger partial charge is 0.358 e. The molecule has 0 aliphatic heterocycles. The van der Waals surface area contributed by atoms with Gasteiger partial charge in [-0.3, -0.25) is 4.79 Å². The van der Waals surface area contributed by atoms with Crippen LogP contribution in [0.5, 0.6) is 0 Å². The van der Waals surface area contributed by atoms with E-state index in [9.17, 15) is 9.18 Å². The molecule has 0 atom stereocenters. The van der Waals surface area contributed by atoms with Gasteiger partial charge in [-0.15, -0.1) is 0 Å². The summed E-state index contributed by atoms with van der Waals surface area (Å²) in [5.74, 6) is 0.175. The first-order valence-corrected chi connectivity index (χ1v) is 7.21. The Hall–Kier alpha value is -1.84. The van der Waals surface area contributed by atoms with Crippen LogP contribution in [0.4, 0.5) is 4.39 Å². The fraction of sp³-hybridized carbons (Fsp3) is 0.438. The number of carbonyl (C=O) groups is 1. The molecular weight excluding hydrogens is 255 g/mol. The van der Waals surface area contributed by atoms with Crippen molar-refractivity contribution in [2.75, 3.05) is 6.54 Å². The lowest BCUT2D eigenvalue weighted by Gasteiger charge is -2.10. The highest BCUT2D eigenvalue weighted by molar-refractivity contribution is 6.08. The number of aryl methyl sites for hydroxylation is 1. The summed E-state index contributed by atoms with van der Waals surface area (Å²) in [5.41, 5.74) is 2.15. The lowest BCUT2D eigenvalue weighted by molar-refractivity contribution is 0.0948. The van der Waals surface area contributed by atoms with Gasteiger partial charge in [0.15, 0.2) is 0 Å². The second-order valence-corrected chi connectivity index (χ2v) is 5.68. The Balaban J connectivity index is 1.82. The Bertz CT molecular complexity index is 641. The predicted molar refractivity (Wildman–Crippen MR) is 77.3 cm³/mol. The number of hydrogen-bond donors (Lipinski definition) is 2. The molecule has 0 spiro atoms. The fourth-order valence-electron chi connectivity index (χ4n) is 3.13. The van der Waals surface area contributed by atoms with Gasteiger partial charge in [-0.1, -0.05) is 12.8 Å². The Morgan fingerprint density at radius 1 is 1.40 bits per heavy atom. The van der Waals surface area contributed by atoms with E-state index in [0.29, 0.717) is 16.9 Å². The number of halogens is 1. The minimum Gasteiger partial charge on any atom is -0.358 e. The number of carbonyl (C=O) groups excluding carboxylic acids is 1. The first-order valence-electron chi connectivity index (χ1n) is 7.21. The standard InChI is InChI=1S/C16H19FN2O/c1-10-15(13-8-12(17)6-7-14(13)19-10)16(20)18-9-11-4-2-3-5-11/h6-8,11,19H,2-5,9H2,1H3,(H,18,20). The molecule has 2 aromatic rings. The number of amides is 1. The zero-order chi connectivity index (χ0) is 14.1. The van der Waals surface area contributed by atoms with E-state index in [4.69, 9.17) is 0 Å². The fourth-order valence-corrected chi connectivity index (χ4v) is 3.13. The number of aromatic amines is 1. The van der Waals surface area contributed by atoms with Crippen LogP contribution in [0, 0.1) is 18.7 Å². The second-order valence-electron chi connectivity index (χ2n) is 5.68. The van der Waals surface area contributed by atoms with Gasteiger partial charge >= 0.3 is 0 Å². The maximum Gasteiger partial charge on any atom is 0.253 e. The number of benzene rings is 1. The molecule has 1 heterocycles. The molecule has 1 aromatic carbocycles. The number of rotatable bonds is 3. The Morgan fingerprint density at radius 3 is 2.90 bits per heavy atom. The summed E-state index contributed by atoms with van der Waals surface area (Å²) >= 11 is 0. The normalized spacial score (nSPS) is 15.9. The van der Waals surface area contributed by atoms with Crippen LogP contribution in [0.3, 0.4) is 0 Å². The van der Waals surface area contributed by atoms with Gasteiger partial charge in [0.2, 0.25) is 0 Å². The molecule has 20 heavy (non-hydrogen) atoms. The molecule has 106 valence electrons. The molecule has 3 nitrogen and oxygen atoms in total. The highest BCUT2D eigenvalue weighted by atomic mass is 19.1. The van der Waals surface area contributed by atoms with Crippen molar-refractivity contribution in [2.45, 2.75) is 32.6 Å². The number of nitrogens with one attached hydrogen (secondary N) is 2. The molecular formula is C16H19FN2O. The number of hydrogen-bond acceptors (Lipinski definition) is 1. The van der Waals surface area contributed by atoms with Crippen molar-refractivity contribution in [3.63, 3.8) is 0 Å². The molecule has 3 rings (SSSR count). The highest BCUT2D eigenvalue weighted by Gasteiger charge is 2.19. The van der Waals surface area contributed by atoms with Gasteiger partial charge < -0.3 is 10.3 Å². The Morgan fingerprint density at radius 2 is 2.15 bits per heavy atom. The molecule has 1 fully saturated rings. The van der Waals surface area contributed by atoms with Crippen molar-refractivity contribution in [2.24, 2.45) is 5.92 Å². The van der Waals surface area contributed by atoms with Crippen LogP contribution in [0.2, 0.25) is 0 Å². The molecule has 0 saturated heterocycles. The van der Waals surface area contributed by atoms with Crippen molar-refractivity contribution in [1.29, 1.82) is 0 Å². The van der Waals surface area contributed by atoms with E-state index in [1.165, 1.54) is 37.8 Å². The lowest BCUT2D eigenvalue weighted by atomic mass is 10.1.